The van der Waals surface area contributed by atoms with Gasteiger partial charge in [0.15, 0.2) is 34.9 Å². The molecule has 0 spiro atoms. The van der Waals surface area contributed by atoms with Crippen LogP contribution in [0.15, 0.2) is 279 Å². The normalized spacial score (nSPS) is 12.9. The van der Waals surface area contributed by atoms with Gasteiger partial charge in [0.05, 0.1) is 16.7 Å². The molecule has 9 nitrogen and oxygen atoms in total. The number of fused-ring (bicyclic) bond motifs is 7. The molecule has 0 radical (unpaired) electrons. The van der Waals surface area contributed by atoms with Crippen LogP contribution in [0.4, 0.5) is 34.1 Å². The fourth-order valence-electron chi connectivity index (χ4n) is 15.2. The third-order valence-corrected chi connectivity index (χ3v) is 20.8. The van der Waals surface area contributed by atoms with Gasteiger partial charge in [-0.2, -0.15) is 0 Å². The Hall–Kier alpha value is -11.9. The van der Waals surface area contributed by atoms with Crippen molar-refractivity contribution in [2.24, 2.45) is 0 Å². The summed E-state index contributed by atoms with van der Waals surface area (Å²) in [4.78, 5) is 37.0. The Morgan fingerprint density at radius 2 is 0.606 bits per heavy atom. The number of rotatable bonds is 10. The van der Waals surface area contributed by atoms with Gasteiger partial charge < -0.3 is 14.4 Å². The van der Waals surface area contributed by atoms with Gasteiger partial charge in [-0.3, -0.25) is 0 Å². The van der Waals surface area contributed by atoms with E-state index in [2.05, 4.69) is 279 Å². The molecular formula is C94H82BN9. The standard InChI is InChI=1S/C94H82BN9/c1-91(2,3)66-53-67(92(4,5)6)56-70(55-66)102-80-43-29-26-40-75(80)95-76-41-27-30-44-81(76)103(71-57-68(93(7,8)9)54-69(58-71)94(10,11)12)83-52-65(51-82(102)84(83)95)63-45-47-78-73(49-63)72-39-25-28-42-77(72)104(78)79-48-46-64(89-98-85(59-31-17-13-18-32-59)96-86(99-89)60-33-19-14-20-34-60)50-74(79)90-100-87(61-35-21-15-22-36-61)97-88(101-90)62-37-23-16-24-38-62/h13-58H,1-12H3. The molecule has 0 saturated carbocycles. The molecule has 15 aromatic rings. The molecule has 0 atom stereocenters. The first-order chi connectivity index (χ1) is 50.1. The summed E-state index contributed by atoms with van der Waals surface area (Å²) < 4.78 is 2.39. The number of hydrogen-bond acceptors (Lipinski definition) is 8. The Morgan fingerprint density at radius 1 is 0.250 bits per heavy atom. The van der Waals surface area contributed by atoms with Gasteiger partial charge in [0, 0.05) is 78.3 Å². The first-order valence-electron chi connectivity index (χ1n) is 36.3. The summed E-state index contributed by atoms with van der Waals surface area (Å²) in [6.45, 7) is 28.0. The van der Waals surface area contributed by atoms with E-state index in [0.717, 1.165) is 94.8 Å². The Morgan fingerprint density at radius 3 is 1.03 bits per heavy atom. The van der Waals surface area contributed by atoms with Crippen LogP contribution in [0.25, 0.3) is 107 Å². The van der Waals surface area contributed by atoms with E-state index in [9.17, 15) is 0 Å². The van der Waals surface area contributed by atoms with Crippen molar-refractivity contribution >= 4 is 79.0 Å². The third kappa shape index (κ3) is 11.7. The summed E-state index contributed by atoms with van der Waals surface area (Å²) >= 11 is 0. The average molecular weight is 1350 g/mol. The minimum atomic E-state index is -0.125. The van der Waals surface area contributed by atoms with E-state index >= 15 is 0 Å². The second-order valence-corrected chi connectivity index (χ2v) is 32.1. The van der Waals surface area contributed by atoms with Crippen LogP contribution in [0.2, 0.25) is 0 Å². The summed E-state index contributed by atoms with van der Waals surface area (Å²) in [6.07, 6.45) is 0. The van der Waals surface area contributed by atoms with Gasteiger partial charge in [0.2, 0.25) is 0 Å². The highest BCUT2D eigenvalue weighted by molar-refractivity contribution is 7.00. The molecule has 0 bridgehead atoms. The molecule has 12 aromatic carbocycles. The minimum absolute atomic E-state index is 0.0605. The third-order valence-electron chi connectivity index (χ3n) is 20.8. The highest BCUT2D eigenvalue weighted by atomic mass is 15.2. The lowest BCUT2D eigenvalue weighted by molar-refractivity contribution is 0.568. The van der Waals surface area contributed by atoms with E-state index < -0.39 is 0 Å². The molecule has 17 rings (SSSR count). The molecule has 0 aliphatic carbocycles. The first-order valence-corrected chi connectivity index (χ1v) is 36.3. The molecule has 506 valence electrons. The smallest absolute Gasteiger partial charge is 0.252 e. The lowest BCUT2D eigenvalue weighted by Crippen LogP contribution is -2.61. The quantitative estimate of drug-likeness (QED) is 0.125. The lowest BCUT2D eigenvalue weighted by atomic mass is 9.33. The van der Waals surface area contributed by atoms with Crippen LogP contribution in [0.1, 0.15) is 105 Å². The fourth-order valence-corrected chi connectivity index (χ4v) is 15.2. The molecule has 3 aromatic heterocycles. The van der Waals surface area contributed by atoms with E-state index in [-0.39, 0.29) is 28.4 Å². The van der Waals surface area contributed by atoms with Crippen LogP contribution in [0.3, 0.4) is 0 Å². The number of anilines is 6. The Bertz CT molecular complexity index is 5530. The maximum Gasteiger partial charge on any atom is 0.252 e. The van der Waals surface area contributed by atoms with Crippen molar-refractivity contribution in [3.8, 4) is 85.1 Å². The Balaban J connectivity index is 0.929. The number of para-hydroxylation sites is 3. The number of nitrogens with zero attached hydrogens (tertiary/aromatic N) is 9. The van der Waals surface area contributed by atoms with Gasteiger partial charge in [-0.05, 0) is 156 Å². The molecular weight excluding hydrogens is 1270 g/mol. The molecule has 0 N–H and O–H groups in total. The van der Waals surface area contributed by atoms with Crippen LogP contribution in [-0.2, 0) is 21.7 Å². The van der Waals surface area contributed by atoms with Crippen molar-refractivity contribution in [1.82, 2.24) is 34.5 Å². The second kappa shape index (κ2) is 25.0. The van der Waals surface area contributed by atoms with Crippen LogP contribution >= 0.6 is 0 Å². The number of hydrogen-bond donors (Lipinski definition) is 0. The topological polar surface area (TPSA) is 88.8 Å². The lowest BCUT2D eigenvalue weighted by Gasteiger charge is -2.45. The van der Waals surface area contributed by atoms with Gasteiger partial charge in [-0.15, -0.1) is 0 Å². The maximum absolute atomic E-state index is 5.46. The predicted octanol–water partition coefficient (Wildman–Crippen LogP) is 22.1. The van der Waals surface area contributed by atoms with E-state index in [1.807, 2.05) is 97.1 Å². The molecule has 10 heteroatoms. The van der Waals surface area contributed by atoms with Crippen LogP contribution in [-0.4, -0.2) is 41.2 Å². The molecule has 0 saturated heterocycles. The molecule has 5 heterocycles. The van der Waals surface area contributed by atoms with E-state index in [0.29, 0.717) is 34.9 Å². The monoisotopic (exact) mass is 1350 g/mol. The molecule has 104 heavy (non-hydrogen) atoms. The van der Waals surface area contributed by atoms with Gasteiger partial charge in [0.25, 0.3) is 6.71 Å². The number of benzene rings is 12. The zero-order valence-corrected chi connectivity index (χ0v) is 61.2. The summed E-state index contributed by atoms with van der Waals surface area (Å²) in [5.41, 5.74) is 25.7. The van der Waals surface area contributed by atoms with Gasteiger partial charge in [-0.1, -0.05) is 277 Å². The van der Waals surface area contributed by atoms with Gasteiger partial charge >= 0.3 is 0 Å². The second-order valence-electron chi connectivity index (χ2n) is 32.1. The molecule has 0 amide bonds. The van der Waals surface area contributed by atoms with E-state index in [1.165, 1.54) is 50.0 Å². The van der Waals surface area contributed by atoms with E-state index in [1.54, 1.807) is 0 Å². The Kier molecular flexibility index (Phi) is 15.7. The van der Waals surface area contributed by atoms with Crippen molar-refractivity contribution in [2.75, 3.05) is 9.80 Å². The van der Waals surface area contributed by atoms with Crippen molar-refractivity contribution in [3.63, 3.8) is 0 Å². The summed E-state index contributed by atoms with van der Waals surface area (Å²) in [5, 5.41) is 2.21. The Labute approximate surface area is 610 Å². The van der Waals surface area contributed by atoms with Crippen LogP contribution in [0.5, 0.6) is 0 Å². The average Bonchev–Trinajstić information content (AvgIpc) is 0.740. The van der Waals surface area contributed by atoms with Gasteiger partial charge in [-0.25, -0.2) is 29.9 Å². The van der Waals surface area contributed by atoms with Gasteiger partial charge in [0.1, 0.15) is 0 Å². The highest BCUT2D eigenvalue weighted by Crippen LogP contribution is 2.50. The van der Waals surface area contributed by atoms with Crippen molar-refractivity contribution in [3.05, 3.63) is 301 Å². The number of aromatic nitrogens is 7. The minimum Gasteiger partial charge on any atom is -0.311 e. The van der Waals surface area contributed by atoms with Crippen molar-refractivity contribution in [1.29, 1.82) is 0 Å². The zero-order chi connectivity index (χ0) is 71.6. The summed E-state index contributed by atoms with van der Waals surface area (Å²) in [7, 11) is 0. The molecule has 2 aliphatic rings. The molecule has 0 unspecified atom stereocenters. The largest absolute Gasteiger partial charge is 0.311 e. The van der Waals surface area contributed by atoms with E-state index in [4.69, 9.17) is 29.9 Å². The van der Waals surface area contributed by atoms with Crippen LogP contribution in [0, 0.1) is 0 Å². The predicted molar refractivity (Wildman–Crippen MR) is 434 cm³/mol. The summed E-state index contributed by atoms with van der Waals surface area (Å²) in [5.74, 6) is 3.28. The maximum atomic E-state index is 5.46. The molecule has 0 fully saturated rings. The van der Waals surface area contributed by atoms with Crippen LogP contribution < -0.4 is 26.2 Å². The first kappa shape index (κ1) is 65.4. The summed E-state index contributed by atoms with van der Waals surface area (Å²) in [6, 6.07) is 101. The zero-order valence-electron chi connectivity index (χ0n) is 61.2. The fraction of sp³-hybridized carbons (Fsp3) is 0.170. The van der Waals surface area contributed by atoms with Crippen molar-refractivity contribution < 1.29 is 0 Å². The highest BCUT2D eigenvalue weighted by Gasteiger charge is 2.44. The molecule has 2 aliphatic heterocycles. The SMILES string of the molecule is CC(C)(C)c1cc(N2c3ccccc3B3c4ccccc4N(c4cc(C(C)(C)C)cc(C(C)(C)C)c4)c4cc(-c5ccc6c(c5)c5ccccc5n6-c5ccc(-c6nc(-c7ccccc7)nc(-c7ccccc7)n6)cc5-c5nc(-c6ccccc6)nc(-c6ccccc6)n5)cc2c43)cc(C(C)(C)C)c1. The van der Waals surface area contributed by atoms with Crippen molar-refractivity contribution in [2.45, 2.75) is 105 Å².